The number of thiophene rings is 1. The van der Waals surface area contributed by atoms with Crippen molar-refractivity contribution in [1.29, 1.82) is 0 Å². The molecule has 1 unspecified atom stereocenters. The number of carbonyl (C=O) groups is 2. The molecular formula is C17H20ClN3O2S. The second kappa shape index (κ2) is 8.28. The maximum absolute atomic E-state index is 12.6. The highest BCUT2D eigenvalue weighted by molar-refractivity contribution is 7.12. The van der Waals surface area contributed by atoms with Crippen LogP contribution in [0.25, 0.3) is 0 Å². The summed E-state index contributed by atoms with van der Waals surface area (Å²) in [7, 11) is 0. The van der Waals surface area contributed by atoms with E-state index in [1.54, 1.807) is 30.3 Å². The van der Waals surface area contributed by atoms with Gasteiger partial charge < -0.3 is 16.0 Å². The van der Waals surface area contributed by atoms with Crippen LogP contribution < -0.4 is 11.1 Å². The zero-order chi connectivity index (χ0) is 16.2. The van der Waals surface area contributed by atoms with Crippen LogP contribution in [0.1, 0.15) is 32.9 Å². The van der Waals surface area contributed by atoms with E-state index in [2.05, 4.69) is 5.32 Å². The molecule has 3 N–H and O–H groups in total. The molecule has 2 amide bonds. The van der Waals surface area contributed by atoms with Gasteiger partial charge in [0.15, 0.2) is 0 Å². The van der Waals surface area contributed by atoms with Gasteiger partial charge in [-0.25, -0.2) is 0 Å². The van der Waals surface area contributed by atoms with Gasteiger partial charge in [0.2, 0.25) is 0 Å². The SMILES string of the molecule is Cl.NCC1CCCN1C(=O)c1cccc(NC(=O)c2cccs2)c1. The summed E-state index contributed by atoms with van der Waals surface area (Å²) in [5.41, 5.74) is 6.94. The first-order valence-electron chi connectivity index (χ1n) is 7.65. The number of halogens is 1. The van der Waals surface area contributed by atoms with Crippen molar-refractivity contribution in [3.05, 3.63) is 52.2 Å². The summed E-state index contributed by atoms with van der Waals surface area (Å²) in [6, 6.07) is 10.8. The Morgan fingerprint density at radius 1 is 1.29 bits per heavy atom. The number of likely N-dealkylation sites (tertiary alicyclic amines) is 1. The van der Waals surface area contributed by atoms with Crippen LogP contribution in [-0.4, -0.2) is 35.8 Å². The lowest BCUT2D eigenvalue weighted by molar-refractivity contribution is 0.0741. The molecule has 5 nitrogen and oxygen atoms in total. The number of amides is 2. The van der Waals surface area contributed by atoms with Crippen molar-refractivity contribution in [3.8, 4) is 0 Å². The van der Waals surface area contributed by atoms with Crippen molar-refractivity contribution in [1.82, 2.24) is 4.90 Å². The summed E-state index contributed by atoms with van der Waals surface area (Å²) in [6.45, 7) is 1.23. The highest BCUT2D eigenvalue weighted by Gasteiger charge is 2.28. The maximum atomic E-state index is 12.6. The first kappa shape index (κ1) is 18.4. The lowest BCUT2D eigenvalue weighted by Crippen LogP contribution is -2.39. The van der Waals surface area contributed by atoms with Crippen molar-refractivity contribution in [3.63, 3.8) is 0 Å². The van der Waals surface area contributed by atoms with Gasteiger partial charge in [0, 0.05) is 30.4 Å². The van der Waals surface area contributed by atoms with Crippen LogP contribution in [0.2, 0.25) is 0 Å². The predicted octanol–water partition coefficient (Wildman–Crippen LogP) is 2.99. The number of hydrogen-bond acceptors (Lipinski definition) is 4. The van der Waals surface area contributed by atoms with Gasteiger partial charge in [-0.2, -0.15) is 0 Å². The Bertz CT molecular complexity index is 706. The summed E-state index contributed by atoms with van der Waals surface area (Å²) in [5, 5.41) is 4.69. The topological polar surface area (TPSA) is 75.4 Å². The van der Waals surface area contributed by atoms with Crippen LogP contribution in [-0.2, 0) is 0 Å². The van der Waals surface area contributed by atoms with Gasteiger partial charge in [0.05, 0.1) is 4.88 Å². The number of rotatable bonds is 4. The van der Waals surface area contributed by atoms with Crippen LogP contribution >= 0.6 is 23.7 Å². The fourth-order valence-corrected chi connectivity index (χ4v) is 3.46. The summed E-state index contributed by atoms with van der Waals surface area (Å²) in [6.07, 6.45) is 1.94. The van der Waals surface area contributed by atoms with Gasteiger partial charge >= 0.3 is 0 Å². The second-order valence-electron chi connectivity index (χ2n) is 5.54. The number of carbonyl (C=O) groups excluding carboxylic acids is 2. The van der Waals surface area contributed by atoms with Gasteiger partial charge in [0.1, 0.15) is 0 Å². The number of anilines is 1. The molecule has 1 aromatic carbocycles. The van der Waals surface area contributed by atoms with E-state index in [0.29, 0.717) is 22.7 Å². The van der Waals surface area contributed by atoms with E-state index >= 15 is 0 Å². The van der Waals surface area contributed by atoms with Crippen molar-refractivity contribution in [2.75, 3.05) is 18.4 Å². The fraction of sp³-hybridized carbons (Fsp3) is 0.294. The van der Waals surface area contributed by atoms with Crippen LogP contribution in [0.15, 0.2) is 41.8 Å². The minimum atomic E-state index is -0.161. The van der Waals surface area contributed by atoms with Crippen molar-refractivity contribution < 1.29 is 9.59 Å². The molecule has 2 heterocycles. The third-order valence-electron chi connectivity index (χ3n) is 4.02. The van der Waals surface area contributed by atoms with Gasteiger partial charge in [0.25, 0.3) is 11.8 Å². The van der Waals surface area contributed by atoms with Gasteiger partial charge in [-0.15, -0.1) is 23.7 Å². The van der Waals surface area contributed by atoms with Crippen LogP contribution in [0.5, 0.6) is 0 Å². The molecule has 0 aliphatic carbocycles. The Morgan fingerprint density at radius 2 is 2.12 bits per heavy atom. The highest BCUT2D eigenvalue weighted by atomic mass is 35.5. The summed E-state index contributed by atoms with van der Waals surface area (Å²) >= 11 is 1.38. The molecule has 1 aliphatic rings. The van der Waals surface area contributed by atoms with E-state index in [1.165, 1.54) is 11.3 Å². The maximum Gasteiger partial charge on any atom is 0.265 e. The van der Waals surface area contributed by atoms with Crippen molar-refractivity contribution in [2.45, 2.75) is 18.9 Å². The largest absolute Gasteiger partial charge is 0.334 e. The average Bonchev–Trinajstić information content (AvgIpc) is 3.25. The van der Waals surface area contributed by atoms with Crippen LogP contribution in [0.3, 0.4) is 0 Å². The molecule has 2 aromatic rings. The third kappa shape index (κ3) is 3.95. The molecule has 1 fully saturated rings. The van der Waals surface area contributed by atoms with E-state index in [-0.39, 0.29) is 30.3 Å². The molecule has 24 heavy (non-hydrogen) atoms. The molecule has 3 rings (SSSR count). The van der Waals surface area contributed by atoms with Gasteiger partial charge in [-0.05, 0) is 42.5 Å². The molecule has 0 saturated carbocycles. The normalized spacial score (nSPS) is 16.5. The first-order valence-corrected chi connectivity index (χ1v) is 8.53. The minimum Gasteiger partial charge on any atom is -0.334 e. The number of nitrogens with one attached hydrogen (secondary N) is 1. The Kier molecular flexibility index (Phi) is 6.36. The first-order chi connectivity index (χ1) is 11.2. The molecule has 0 radical (unpaired) electrons. The highest BCUT2D eigenvalue weighted by Crippen LogP contribution is 2.21. The molecule has 0 bridgehead atoms. The summed E-state index contributed by atoms with van der Waals surface area (Å²) in [5.74, 6) is -0.184. The molecule has 1 atom stereocenters. The predicted molar refractivity (Wildman–Crippen MR) is 99.1 cm³/mol. The lowest BCUT2D eigenvalue weighted by atomic mass is 10.1. The molecule has 1 saturated heterocycles. The second-order valence-corrected chi connectivity index (χ2v) is 6.49. The Morgan fingerprint density at radius 3 is 2.83 bits per heavy atom. The van der Waals surface area contributed by atoms with E-state index in [0.717, 1.165) is 19.4 Å². The minimum absolute atomic E-state index is 0. The fourth-order valence-electron chi connectivity index (χ4n) is 2.84. The lowest BCUT2D eigenvalue weighted by Gasteiger charge is -2.23. The van der Waals surface area contributed by atoms with Crippen molar-refractivity contribution in [2.24, 2.45) is 5.73 Å². The number of benzene rings is 1. The zero-order valence-corrected chi connectivity index (χ0v) is 14.7. The molecule has 0 spiro atoms. The third-order valence-corrected chi connectivity index (χ3v) is 4.89. The monoisotopic (exact) mass is 365 g/mol. The van der Waals surface area contributed by atoms with Gasteiger partial charge in [-0.1, -0.05) is 12.1 Å². The summed E-state index contributed by atoms with van der Waals surface area (Å²) in [4.78, 5) is 27.2. The standard InChI is InChI=1S/C17H19N3O2S.ClH/c18-11-14-6-2-8-20(14)17(22)12-4-1-5-13(10-12)19-16(21)15-7-3-9-23-15;/h1,3-5,7,9-10,14H,2,6,8,11,18H2,(H,19,21);1H. The quantitative estimate of drug-likeness (QED) is 0.874. The molecule has 128 valence electrons. The van der Waals surface area contributed by atoms with Crippen molar-refractivity contribution >= 4 is 41.2 Å². The summed E-state index contributed by atoms with van der Waals surface area (Å²) < 4.78 is 0. The molecular weight excluding hydrogens is 346 g/mol. The van der Waals surface area contributed by atoms with E-state index in [4.69, 9.17) is 5.73 Å². The Hall–Kier alpha value is -1.89. The molecule has 7 heteroatoms. The van der Waals surface area contributed by atoms with E-state index < -0.39 is 0 Å². The van der Waals surface area contributed by atoms with E-state index in [1.807, 2.05) is 16.3 Å². The van der Waals surface area contributed by atoms with Gasteiger partial charge in [-0.3, -0.25) is 9.59 Å². The van der Waals surface area contributed by atoms with E-state index in [9.17, 15) is 9.59 Å². The zero-order valence-electron chi connectivity index (χ0n) is 13.1. The Balaban J connectivity index is 0.00000208. The Labute approximate surface area is 151 Å². The smallest absolute Gasteiger partial charge is 0.265 e. The number of nitrogens with zero attached hydrogens (tertiary/aromatic N) is 1. The molecule has 1 aromatic heterocycles. The number of nitrogens with two attached hydrogens (primary N) is 1. The van der Waals surface area contributed by atoms with Crippen LogP contribution in [0.4, 0.5) is 5.69 Å². The molecule has 1 aliphatic heterocycles. The average molecular weight is 366 g/mol. The number of hydrogen-bond donors (Lipinski definition) is 2. The van der Waals surface area contributed by atoms with Crippen LogP contribution in [0, 0.1) is 0 Å².